The fourth-order valence-electron chi connectivity index (χ4n) is 0.668. The molecule has 0 aliphatic carbocycles. The number of nitrogens with zero attached hydrogens (tertiary/aromatic N) is 1. The molecule has 1 rings (SSSR count). The van der Waals surface area contributed by atoms with Gasteiger partial charge in [0.1, 0.15) is 6.20 Å². The summed E-state index contributed by atoms with van der Waals surface area (Å²) in [6, 6.07) is 0. The number of rotatable bonds is 2. The smallest absolute Gasteiger partial charge is 0.103 e. The van der Waals surface area contributed by atoms with Crippen LogP contribution in [0.4, 0.5) is 0 Å². The number of aromatic amines is 1. The minimum atomic E-state index is 0.622. The van der Waals surface area contributed by atoms with Crippen LogP contribution in [-0.4, -0.2) is 10.2 Å². The van der Waals surface area contributed by atoms with Gasteiger partial charge in [-0.1, -0.05) is 24.9 Å². The van der Waals surface area contributed by atoms with Gasteiger partial charge in [0.25, 0.3) is 0 Å². The highest BCUT2D eigenvalue weighted by atomic mass is 35.5. The number of H-pyrrole nitrogens is 1. The highest BCUT2D eigenvalue weighted by molar-refractivity contribution is 6.30. The van der Waals surface area contributed by atoms with Gasteiger partial charge < -0.3 is 0 Å². The van der Waals surface area contributed by atoms with Crippen LogP contribution in [0.5, 0.6) is 0 Å². The molecule has 1 radical (unpaired) electrons. The van der Waals surface area contributed by atoms with Crippen molar-refractivity contribution in [3.05, 3.63) is 16.9 Å². The Morgan fingerprint density at radius 2 is 2.56 bits per heavy atom. The summed E-state index contributed by atoms with van der Waals surface area (Å²) >= 11 is 5.67. The SMILES string of the molecule is CCCc1n[nH][c]c1Cl. The van der Waals surface area contributed by atoms with Gasteiger partial charge in [-0.2, -0.15) is 5.10 Å². The monoisotopic (exact) mass is 143 g/mol. The highest BCUT2D eigenvalue weighted by Crippen LogP contribution is 2.11. The third-order valence-electron chi connectivity index (χ3n) is 1.10. The average Bonchev–Trinajstić information content (AvgIpc) is 2.18. The number of hydrogen-bond acceptors (Lipinski definition) is 1. The Hall–Kier alpha value is -0.500. The maximum Gasteiger partial charge on any atom is 0.103 e. The lowest BCUT2D eigenvalue weighted by molar-refractivity contribution is 0.867. The summed E-state index contributed by atoms with van der Waals surface area (Å²) in [6.07, 6.45) is 4.68. The molecule has 1 heterocycles. The van der Waals surface area contributed by atoms with Crippen molar-refractivity contribution >= 4 is 11.6 Å². The fraction of sp³-hybridized carbons (Fsp3) is 0.500. The Morgan fingerprint density at radius 1 is 1.78 bits per heavy atom. The third-order valence-corrected chi connectivity index (χ3v) is 1.41. The van der Waals surface area contributed by atoms with Gasteiger partial charge in [0, 0.05) is 0 Å². The van der Waals surface area contributed by atoms with E-state index in [1.54, 1.807) is 0 Å². The summed E-state index contributed by atoms with van der Waals surface area (Å²) < 4.78 is 0. The molecule has 9 heavy (non-hydrogen) atoms. The van der Waals surface area contributed by atoms with Crippen LogP contribution in [0.2, 0.25) is 5.02 Å². The highest BCUT2D eigenvalue weighted by Gasteiger charge is 1.99. The van der Waals surface area contributed by atoms with Crippen LogP contribution in [-0.2, 0) is 6.42 Å². The van der Waals surface area contributed by atoms with Crippen molar-refractivity contribution in [2.24, 2.45) is 0 Å². The summed E-state index contributed by atoms with van der Waals surface area (Å²) in [5, 5.41) is 7.09. The van der Waals surface area contributed by atoms with E-state index >= 15 is 0 Å². The Balaban J connectivity index is 2.69. The second kappa shape index (κ2) is 2.87. The number of hydrogen-bond donors (Lipinski definition) is 1. The molecule has 1 aromatic rings. The van der Waals surface area contributed by atoms with Gasteiger partial charge in [-0.05, 0) is 6.42 Å². The molecule has 0 saturated heterocycles. The lowest BCUT2D eigenvalue weighted by Crippen LogP contribution is -1.82. The second-order valence-corrected chi connectivity index (χ2v) is 2.24. The van der Waals surface area contributed by atoms with Crippen molar-refractivity contribution < 1.29 is 0 Å². The molecule has 49 valence electrons. The normalized spacial score (nSPS) is 10.0. The second-order valence-electron chi connectivity index (χ2n) is 1.86. The summed E-state index contributed by atoms with van der Waals surface area (Å²) in [5.41, 5.74) is 0.916. The van der Waals surface area contributed by atoms with Crippen molar-refractivity contribution in [3.8, 4) is 0 Å². The van der Waals surface area contributed by atoms with Crippen LogP contribution in [0.25, 0.3) is 0 Å². The predicted octanol–water partition coefficient (Wildman–Crippen LogP) is 1.82. The molecule has 3 heteroatoms. The van der Waals surface area contributed by atoms with E-state index in [2.05, 4.69) is 23.3 Å². The maximum absolute atomic E-state index is 5.67. The standard InChI is InChI=1S/C6H8ClN2/c1-2-3-6-5(7)4-8-9-6/h2-3H2,1H3,(H,8,9). The van der Waals surface area contributed by atoms with E-state index in [1.807, 2.05) is 0 Å². The summed E-state index contributed by atoms with van der Waals surface area (Å²) in [6.45, 7) is 2.09. The number of nitrogens with one attached hydrogen (secondary N) is 1. The molecular weight excluding hydrogens is 136 g/mol. The van der Waals surface area contributed by atoms with Gasteiger partial charge in [-0.3, -0.25) is 5.10 Å². The summed E-state index contributed by atoms with van der Waals surface area (Å²) in [7, 11) is 0. The van der Waals surface area contributed by atoms with Gasteiger partial charge in [0.2, 0.25) is 0 Å². The van der Waals surface area contributed by atoms with Crippen molar-refractivity contribution in [2.45, 2.75) is 19.8 Å². The average molecular weight is 144 g/mol. The lowest BCUT2D eigenvalue weighted by Gasteiger charge is -1.88. The van der Waals surface area contributed by atoms with Gasteiger partial charge >= 0.3 is 0 Å². The predicted molar refractivity (Wildman–Crippen MR) is 36.4 cm³/mol. The molecule has 0 amide bonds. The summed E-state index contributed by atoms with van der Waals surface area (Å²) in [5.74, 6) is 0. The van der Waals surface area contributed by atoms with Crippen LogP contribution in [0.3, 0.4) is 0 Å². The first-order chi connectivity index (χ1) is 4.34. The molecule has 0 bridgehead atoms. The Labute approximate surface area is 59.2 Å². The van der Waals surface area contributed by atoms with E-state index in [1.165, 1.54) is 0 Å². The topological polar surface area (TPSA) is 28.7 Å². The Morgan fingerprint density at radius 3 is 3.00 bits per heavy atom. The quantitative estimate of drug-likeness (QED) is 0.672. The van der Waals surface area contributed by atoms with Crippen molar-refractivity contribution in [3.63, 3.8) is 0 Å². The van der Waals surface area contributed by atoms with Gasteiger partial charge in [0.05, 0.1) is 10.7 Å². The molecule has 0 fully saturated rings. The van der Waals surface area contributed by atoms with Gasteiger partial charge in [-0.25, -0.2) is 0 Å². The molecule has 0 atom stereocenters. The molecule has 0 aliphatic rings. The van der Waals surface area contributed by atoms with E-state index in [0.717, 1.165) is 18.5 Å². The first kappa shape index (κ1) is 6.62. The van der Waals surface area contributed by atoms with Crippen molar-refractivity contribution in [1.29, 1.82) is 0 Å². The molecule has 1 aromatic heterocycles. The van der Waals surface area contributed by atoms with E-state index in [-0.39, 0.29) is 0 Å². The number of halogens is 1. The van der Waals surface area contributed by atoms with E-state index in [4.69, 9.17) is 11.6 Å². The largest absolute Gasteiger partial charge is 0.274 e. The van der Waals surface area contributed by atoms with Crippen LogP contribution < -0.4 is 0 Å². The minimum absolute atomic E-state index is 0.622. The zero-order chi connectivity index (χ0) is 6.69. The lowest BCUT2D eigenvalue weighted by atomic mass is 10.3. The first-order valence-electron chi connectivity index (χ1n) is 2.95. The van der Waals surface area contributed by atoms with Crippen LogP contribution in [0.15, 0.2) is 0 Å². The molecule has 0 aromatic carbocycles. The number of aromatic nitrogens is 2. The molecular formula is C6H8ClN2. The van der Waals surface area contributed by atoms with Crippen LogP contribution in [0.1, 0.15) is 19.0 Å². The minimum Gasteiger partial charge on any atom is -0.274 e. The molecule has 0 aliphatic heterocycles. The molecule has 0 unspecified atom stereocenters. The molecule has 0 saturated carbocycles. The van der Waals surface area contributed by atoms with E-state index in [0.29, 0.717) is 5.02 Å². The zero-order valence-corrected chi connectivity index (χ0v) is 6.00. The first-order valence-corrected chi connectivity index (χ1v) is 3.32. The number of aryl methyl sites for hydroxylation is 1. The fourth-order valence-corrected chi connectivity index (χ4v) is 0.847. The van der Waals surface area contributed by atoms with E-state index in [9.17, 15) is 0 Å². The van der Waals surface area contributed by atoms with Crippen molar-refractivity contribution in [1.82, 2.24) is 10.2 Å². The van der Waals surface area contributed by atoms with Gasteiger partial charge in [-0.15, -0.1) is 0 Å². The van der Waals surface area contributed by atoms with Crippen LogP contribution >= 0.6 is 11.6 Å². The summed E-state index contributed by atoms with van der Waals surface area (Å²) in [4.78, 5) is 0. The Kier molecular flexibility index (Phi) is 2.11. The zero-order valence-electron chi connectivity index (χ0n) is 5.24. The molecule has 2 nitrogen and oxygen atoms in total. The molecule has 1 N–H and O–H groups in total. The van der Waals surface area contributed by atoms with E-state index < -0.39 is 0 Å². The third kappa shape index (κ3) is 1.45. The maximum atomic E-state index is 5.67. The van der Waals surface area contributed by atoms with Gasteiger partial charge in [0.15, 0.2) is 0 Å². The molecule has 0 spiro atoms. The van der Waals surface area contributed by atoms with Crippen molar-refractivity contribution in [2.75, 3.05) is 0 Å². The Bertz CT molecular complexity index is 183. The van der Waals surface area contributed by atoms with Crippen LogP contribution in [0, 0.1) is 6.20 Å².